The van der Waals surface area contributed by atoms with Crippen LogP contribution in [0.3, 0.4) is 0 Å². The molecule has 8 nitrogen and oxygen atoms in total. The molecule has 3 aromatic carbocycles. The Morgan fingerprint density at radius 1 is 1.09 bits per heavy atom. The minimum atomic E-state index is -0.503. The number of benzene rings is 3. The van der Waals surface area contributed by atoms with Crippen LogP contribution >= 0.6 is 23.4 Å². The third kappa shape index (κ3) is 5.70. The first-order valence-electron chi connectivity index (χ1n) is 10.8. The molecule has 0 atom stereocenters. The van der Waals surface area contributed by atoms with E-state index in [0.717, 1.165) is 16.8 Å². The summed E-state index contributed by atoms with van der Waals surface area (Å²) in [6, 6.07) is 21.2. The Hall–Kier alpha value is -3.69. The molecule has 35 heavy (non-hydrogen) atoms. The summed E-state index contributed by atoms with van der Waals surface area (Å²) >= 11 is 7.31. The monoisotopic (exact) mass is 507 g/mol. The van der Waals surface area contributed by atoms with Gasteiger partial charge in [-0.1, -0.05) is 61.5 Å². The molecule has 1 N–H and O–H groups in total. The molecule has 178 valence electrons. The van der Waals surface area contributed by atoms with Gasteiger partial charge in [-0.05, 0) is 47.9 Å². The van der Waals surface area contributed by atoms with Gasteiger partial charge in [0.2, 0.25) is 5.91 Å². The number of nitrogens with zero attached hydrogens (tertiary/aromatic N) is 4. The van der Waals surface area contributed by atoms with Crippen LogP contribution in [-0.4, -0.2) is 31.3 Å². The zero-order chi connectivity index (χ0) is 24.9. The Morgan fingerprint density at radius 3 is 2.54 bits per heavy atom. The highest BCUT2D eigenvalue weighted by molar-refractivity contribution is 7.99. The van der Waals surface area contributed by atoms with E-state index >= 15 is 0 Å². The van der Waals surface area contributed by atoms with Crippen molar-refractivity contribution in [3.8, 4) is 17.1 Å². The fourth-order valence-corrected chi connectivity index (χ4v) is 4.44. The van der Waals surface area contributed by atoms with Gasteiger partial charge in [0, 0.05) is 28.4 Å². The fraction of sp³-hybridized carbons (Fsp3) is 0.160. The molecule has 1 aromatic heterocycles. The Kier molecular flexibility index (Phi) is 7.48. The fourth-order valence-electron chi connectivity index (χ4n) is 3.57. The van der Waals surface area contributed by atoms with Crippen molar-refractivity contribution < 1.29 is 9.72 Å². The summed E-state index contributed by atoms with van der Waals surface area (Å²) in [4.78, 5) is 23.1. The lowest BCUT2D eigenvalue weighted by atomic mass is 10.0. The maximum atomic E-state index is 12.6. The van der Waals surface area contributed by atoms with Gasteiger partial charge in [0.15, 0.2) is 11.0 Å². The maximum absolute atomic E-state index is 12.6. The summed E-state index contributed by atoms with van der Waals surface area (Å²) in [5, 5.41) is 23.7. The van der Waals surface area contributed by atoms with Gasteiger partial charge >= 0.3 is 0 Å². The van der Waals surface area contributed by atoms with Crippen molar-refractivity contribution in [3.63, 3.8) is 0 Å². The average Bonchev–Trinajstić information content (AvgIpc) is 3.27. The number of nitro benzene ring substituents is 1. The first-order chi connectivity index (χ1) is 16.8. The topological polar surface area (TPSA) is 103 Å². The van der Waals surface area contributed by atoms with Crippen molar-refractivity contribution >= 4 is 40.6 Å². The van der Waals surface area contributed by atoms with Gasteiger partial charge in [0.25, 0.3) is 5.69 Å². The Bertz CT molecular complexity index is 1370. The number of nitro groups is 1. The number of halogens is 1. The number of nitrogens with one attached hydrogen (secondary N) is 1. The van der Waals surface area contributed by atoms with Crippen LogP contribution in [0.15, 0.2) is 78.0 Å². The maximum Gasteiger partial charge on any atom is 0.271 e. The van der Waals surface area contributed by atoms with E-state index in [0.29, 0.717) is 21.7 Å². The van der Waals surface area contributed by atoms with E-state index in [9.17, 15) is 14.9 Å². The van der Waals surface area contributed by atoms with Crippen LogP contribution in [0.1, 0.15) is 25.3 Å². The first kappa shape index (κ1) is 24.4. The van der Waals surface area contributed by atoms with E-state index in [1.807, 2.05) is 34.9 Å². The van der Waals surface area contributed by atoms with Gasteiger partial charge in [0.05, 0.1) is 16.4 Å². The number of carbonyl (C=O) groups excluding carboxylic acids is 1. The smallest absolute Gasteiger partial charge is 0.271 e. The highest BCUT2D eigenvalue weighted by Crippen LogP contribution is 2.32. The molecule has 4 aromatic rings. The van der Waals surface area contributed by atoms with Crippen molar-refractivity contribution in [2.45, 2.75) is 24.9 Å². The minimum absolute atomic E-state index is 0.0469. The molecule has 0 saturated heterocycles. The highest BCUT2D eigenvalue weighted by Gasteiger charge is 2.20. The molecule has 0 aliphatic carbocycles. The number of anilines is 1. The summed E-state index contributed by atoms with van der Waals surface area (Å²) in [7, 11) is 0. The predicted molar refractivity (Wildman–Crippen MR) is 138 cm³/mol. The molecule has 0 bridgehead atoms. The number of non-ortho nitro benzene ring substituents is 1. The summed E-state index contributed by atoms with van der Waals surface area (Å²) < 4.78 is 1.95. The van der Waals surface area contributed by atoms with Crippen LogP contribution in [0.4, 0.5) is 11.4 Å². The molecule has 0 aliphatic rings. The second-order valence-electron chi connectivity index (χ2n) is 8.01. The average molecular weight is 508 g/mol. The van der Waals surface area contributed by atoms with Crippen LogP contribution in [-0.2, 0) is 4.79 Å². The van der Waals surface area contributed by atoms with Gasteiger partial charge in [-0.15, -0.1) is 10.2 Å². The highest BCUT2D eigenvalue weighted by atomic mass is 35.5. The molecule has 1 amide bonds. The SMILES string of the molecule is CC(C)c1ccccc1-n1c(SCC(=O)Nc2cccc([N+](=O)[O-])c2)nnc1-c1ccc(Cl)cc1. The molecule has 0 saturated carbocycles. The van der Waals surface area contributed by atoms with Crippen LogP contribution in [0.25, 0.3) is 17.1 Å². The van der Waals surface area contributed by atoms with E-state index in [2.05, 4.69) is 35.4 Å². The number of aromatic nitrogens is 3. The quantitative estimate of drug-likeness (QED) is 0.169. The van der Waals surface area contributed by atoms with E-state index in [1.165, 1.54) is 30.0 Å². The van der Waals surface area contributed by atoms with E-state index in [4.69, 9.17) is 11.6 Å². The third-order valence-electron chi connectivity index (χ3n) is 5.21. The number of para-hydroxylation sites is 1. The molecular formula is C25H22ClN5O3S. The van der Waals surface area contributed by atoms with Gasteiger partial charge in [-0.2, -0.15) is 0 Å². The summed E-state index contributed by atoms with van der Waals surface area (Å²) in [6.45, 7) is 4.23. The number of carbonyl (C=O) groups is 1. The van der Waals surface area contributed by atoms with Crippen molar-refractivity contribution in [1.82, 2.24) is 14.8 Å². The molecular weight excluding hydrogens is 486 g/mol. The second-order valence-corrected chi connectivity index (χ2v) is 9.39. The largest absolute Gasteiger partial charge is 0.325 e. The Balaban J connectivity index is 1.64. The van der Waals surface area contributed by atoms with Crippen molar-refractivity contribution in [2.24, 2.45) is 0 Å². The third-order valence-corrected chi connectivity index (χ3v) is 6.39. The van der Waals surface area contributed by atoms with Crippen molar-refractivity contribution in [3.05, 3.63) is 93.5 Å². The number of amides is 1. The normalized spacial score (nSPS) is 11.0. The molecule has 0 unspecified atom stereocenters. The zero-order valence-electron chi connectivity index (χ0n) is 19.0. The van der Waals surface area contributed by atoms with Gasteiger partial charge in [-0.25, -0.2) is 0 Å². The lowest BCUT2D eigenvalue weighted by Crippen LogP contribution is -2.15. The van der Waals surface area contributed by atoms with Gasteiger partial charge in [-0.3, -0.25) is 19.5 Å². The Labute approximate surface area is 211 Å². The summed E-state index contributed by atoms with van der Waals surface area (Å²) in [5.41, 5.74) is 3.16. The Morgan fingerprint density at radius 2 is 1.83 bits per heavy atom. The molecule has 0 fully saturated rings. The predicted octanol–water partition coefficient (Wildman–Crippen LogP) is 6.35. The molecule has 10 heteroatoms. The molecule has 0 spiro atoms. The van der Waals surface area contributed by atoms with Crippen molar-refractivity contribution in [1.29, 1.82) is 0 Å². The van der Waals surface area contributed by atoms with Gasteiger partial charge < -0.3 is 5.32 Å². The van der Waals surface area contributed by atoms with E-state index in [-0.39, 0.29) is 23.3 Å². The molecule has 1 heterocycles. The first-order valence-corrected chi connectivity index (χ1v) is 12.2. The molecule has 0 radical (unpaired) electrons. The van der Waals surface area contributed by atoms with Gasteiger partial charge in [0.1, 0.15) is 0 Å². The van der Waals surface area contributed by atoms with Crippen molar-refractivity contribution in [2.75, 3.05) is 11.1 Å². The minimum Gasteiger partial charge on any atom is -0.325 e. The van der Waals surface area contributed by atoms with Crippen LogP contribution < -0.4 is 5.32 Å². The van der Waals surface area contributed by atoms with Crippen LogP contribution in [0.5, 0.6) is 0 Å². The van der Waals surface area contributed by atoms with Crippen LogP contribution in [0, 0.1) is 10.1 Å². The molecule has 0 aliphatic heterocycles. The van der Waals surface area contributed by atoms with E-state index < -0.39 is 4.92 Å². The summed E-state index contributed by atoms with van der Waals surface area (Å²) in [5.74, 6) is 0.624. The van der Waals surface area contributed by atoms with E-state index in [1.54, 1.807) is 18.2 Å². The lowest BCUT2D eigenvalue weighted by Gasteiger charge is -2.17. The standard InChI is InChI=1S/C25H22ClN5O3S/c1-16(2)21-8-3-4-9-22(21)30-24(17-10-12-18(26)13-11-17)28-29-25(30)35-15-23(32)27-19-6-5-7-20(14-19)31(33)34/h3-14,16H,15H2,1-2H3,(H,27,32). The number of hydrogen-bond donors (Lipinski definition) is 1. The number of rotatable bonds is 8. The number of hydrogen-bond acceptors (Lipinski definition) is 6. The van der Waals surface area contributed by atoms with Crippen LogP contribution in [0.2, 0.25) is 5.02 Å². The second kappa shape index (κ2) is 10.7. The zero-order valence-corrected chi connectivity index (χ0v) is 20.6. The number of thioether (sulfide) groups is 1. The lowest BCUT2D eigenvalue weighted by molar-refractivity contribution is -0.384. The summed E-state index contributed by atoms with van der Waals surface area (Å²) in [6.07, 6.45) is 0. The molecule has 4 rings (SSSR count).